The average Bonchev–Trinajstić information content (AvgIpc) is 2.53. The Bertz CT molecular complexity index is 594. The van der Waals surface area contributed by atoms with Gasteiger partial charge in [0.2, 0.25) is 0 Å². The minimum Gasteiger partial charge on any atom is -0.474 e. The largest absolute Gasteiger partial charge is 0.474 e. The maximum absolute atomic E-state index is 11.6. The van der Waals surface area contributed by atoms with Crippen molar-refractivity contribution in [1.82, 2.24) is 0 Å². The number of rotatable bonds is 6. The predicted molar refractivity (Wildman–Crippen MR) is 79.7 cm³/mol. The molecule has 2 aromatic carbocycles. The van der Waals surface area contributed by atoms with E-state index in [1.807, 2.05) is 60.7 Å². The molecule has 0 aromatic heterocycles. The average molecular weight is 283 g/mol. The molecule has 21 heavy (non-hydrogen) atoms. The summed E-state index contributed by atoms with van der Waals surface area (Å²) < 4.78 is 10.4. The van der Waals surface area contributed by atoms with E-state index in [9.17, 15) is 4.79 Å². The summed E-state index contributed by atoms with van der Waals surface area (Å²) >= 11 is 0. The van der Waals surface area contributed by atoms with E-state index >= 15 is 0 Å². The summed E-state index contributed by atoms with van der Waals surface area (Å²) in [4.78, 5) is 11.6. The van der Waals surface area contributed by atoms with Gasteiger partial charge in [-0.25, -0.2) is 4.79 Å². The lowest BCUT2D eigenvalue weighted by Crippen LogP contribution is -2.09. The highest BCUT2D eigenvalue weighted by Crippen LogP contribution is 2.04. The Morgan fingerprint density at radius 3 is 1.86 bits per heavy atom. The van der Waals surface area contributed by atoms with Gasteiger partial charge in [0.1, 0.15) is 13.2 Å². The van der Waals surface area contributed by atoms with Crippen molar-refractivity contribution in [2.45, 2.75) is 13.2 Å². The Labute approximate surface area is 123 Å². The van der Waals surface area contributed by atoms with E-state index in [-0.39, 0.29) is 12.5 Å². The van der Waals surface area contributed by atoms with Gasteiger partial charge < -0.3 is 15.2 Å². The fraction of sp³-hybridized carbons (Fsp3) is 0.118. The molecular weight excluding hydrogens is 266 g/mol. The first-order valence-electron chi connectivity index (χ1n) is 6.58. The molecule has 0 fully saturated rings. The highest BCUT2D eigenvalue weighted by atomic mass is 16.5. The van der Waals surface area contributed by atoms with Gasteiger partial charge in [-0.15, -0.1) is 0 Å². The standard InChI is InChI=1S/C17H17NO3/c18-16(20-12-14-7-3-1-4-8-14)11-17(19)21-13-15-9-5-2-6-10-15/h1-11H,12-13,18H2/b16-11-. The van der Waals surface area contributed by atoms with Crippen molar-refractivity contribution in [3.63, 3.8) is 0 Å². The zero-order valence-electron chi connectivity index (χ0n) is 11.6. The number of ether oxygens (including phenoxy) is 2. The van der Waals surface area contributed by atoms with E-state index in [0.717, 1.165) is 17.2 Å². The molecule has 0 spiro atoms. The molecule has 0 saturated carbocycles. The van der Waals surface area contributed by atoms with Crippen LogP contribution < -0.4 is 5.73 Å². The predicted octanol–water partition coefficient (Wildman–Crippen LogP) is 2.75. The van der Waals surface area contributed by atoms with E-state index < -0.39 is 5.97 Å². The number of benzene rings is 2. The highest BCUT2D eigenvalue weighted by molar-refractivity contribution is 5.82. The van der Waals surface area contributed by atoms with Crippen molar-refractivity contribution < 1.29 is 14.3 Å². The number of carbonyl (C=O) groups is 1. The van der Waals surface area contributed by atoms with Crippen LogP contribution in [-0.2, 0) is 27.5 Å². The topological polar surface area (TPSA) is 61.6 Å². The van der Waals surface area contributed by atoms with E-state index in [2.05, 4.69) is 0 Å². The van der Waals surface area contributed by atoms with Gasteiger partial charge in [-0.3, -0.25) is 0 Å². The van der Waals surface area contributed by atoms with Crippen molar-refractivity contribution in [2.24, 2.45) is 5.73 Å². The van der Waals surface area contributed by atoms with Crippen molar-refractivity contribution >= 4 is 5.97 Å². The molecule has 0 saturated heterocycles. The first kappa shape index (κ1) is 14.7. The van der Waals surface area contributed by atoms with Crippen molar-refractivity contribution in [3.05, 3.63) is 83.7 Å². The Balaban J connectivity index is 1.77. The molecule has 108 valence electrons. The van der Waals surface area contributed by atoms with Gasteiger partial charge in [-0.05, 0) is 11.1 Å². The molecule has 0 atom stereocenters. The molecule has 0 aliphatic rings. The third-order valence-electron chi connectivity index (χ3n) is 2.73. The quantitative estimate of drug-likeness (QED) is 0.503. The van der Waals surface area contributed by atoms with Crippen molar-refractivity contribution in [2.75, 3.05) is 0 Å². The summed E-state index contributed by atoms with van der Waals surface area (Å²) in [6, 6.07) is 19.0. The Morgan fingerprint density at radius 2 is 1.33 bits per heavy atom. The fourth-order valence-electron chi connectivity index (χ4n) is 1.67. The molecule has 0 aliphatic carbocycles. The minimum atomic E-state index is -0.524. The summed E-state index contributed by atoms with van der Waals surface area (Å²) in [5, 5.41) is 0. The van der Waals surface area contributed by atoms with Crippen LogP contribution >= 0.6 is 0 Å². The molecule has 0 radical (unpaired) electrons. The van der Waals surface area contributed by atoms with Crippen molar-refractivity contribution in [3.8, 4) is 0 Å². The Kier molecular flexibility index (Phi) is 5.41. The van der Waals surface area contributed by atoms with Gasteiger partial charge in [0.25, 0.3) is 0 Å². The SMILES string of the molecule is N/C(=C/C(=O)OCc1ccccc1)OCc1ccccc1. The lowest BCUT2D eigenvalue weighted by Gasteiger charge is -2.06. The van der Waals surface area contributed by atoms with E-state index in [1.165, 1.54) is 0 Å². The molecule has 0 heterocycles. The van der Waals surface area contributed by atoms with Gasteiger partial charge >= 0.3 is 5.97 Å². The molecule has 2 N–H and O–H groups in total. The fourth-order valence-corrected chi connectivity index (χ4v) is 1.67. The first-order valence-corrected chi connectivity index (χ1v) is 6.58. The molecule has 2 aromatic rings. The van der Waals surface area contributed by atoms with Crippen molar-refractivity contribution in [1.29, 1.82) is 0 Å². The molecule has 4 heteroatoms. The molecule has 2 rings (SSSR count). The van der Waals surface area contributed by atoms with Crippen LogP contribution in [-0.4, -0.2) is 5.97 Å². The van der Waals surface area contributed by atoms with Crippen LogP contribution in [0.2, 0.25) is 0 Å². The summed E-state index contributed by atoms with van der Waals surface area (Å²) in [5.41, 5.74) is 7.53. The van der Waals surface area contributed by atoms with Crippen LogP contribution in [0.3, 0.4) is 0 Å². The lowest BCUT2D eigenvalue weighted by atomic mass is 10.2. The van der Waals surface area contributed by atoms with Crippen LogP contribution in [0.15, 0.2) is 72.6 Å². The smallest absolute Gasteiger partial charge is 0.336 e. The molecule has 0 aliphatic heterocycles. The number of nitrogens with two attached hydrogens (primary N) is 1. The summed E-state index contributed by atoms with van der Waals surface area (Å²) in [7, 11) is 0. The van der Waals surface area contributed by atoms with Gasteiger partial charge in [-0.1, -0.05) is 60.7 Å². The first-order chi connectivity index (χ1) is 10.2. The monoisotopic (exact) mass is 283 g/mol. The minimum absolute atomic E-state index is 0.0388. The zero-order valence-corrected chi connectivity index (χ0v) is 11.6. The summed E-state index contributed by atoms with van der Waals surface area (Å²) in [5.74, 6) is -0.485. The molecule has 0 amide bonds. The molecule has 0 bridgehead atoms. The van der Waals surface area contributed by atoms with Crippen LogP contribution in [0.1, 0.15) is 11.1 Å². The van der Waals surface area contributed by atoms with E-state index in [4.69, 9.17) is 15.2 Å². The maximum Gasteiger partial charge on any atom is 0.336 e. The third-order valence-corrected chi connectivity index (χ3v) is 2.73. The number of hydrogen-bond donors (Lipinski definition) is 1. The second-order valence-corrected chi connectivity index (χ2v) is 4.41. The van der Waals surface area contributed by atoms with Crippen LogP contribution in [0.4, 0.5) is 0 Å². The van der Waals surface area contributed by atoms with E-state index in [0.29, 0.717) is 6.61 Å². The van der Waals surface area contributed by atoms with Crippen LogP contribution in [0.5, 0.6) is 0 Å². The van der Waals surface area contributed by atoms with Gasteiger partial charge in [0.15, 0.2) is 5.88 Å². The van der Waals surface area contributed by atoms with Gasteiger partial charge in [0.05, 0.1) is 6.08 Å². The summed E-state index contributed by atoms with van der Waals surface area (Å²) in [6.07, 6.45) is 1.14. The number of carbonyl (C=O) groups excluding carboxylic acids is 1. The lowest BCUT2D eigenvalue weighted by molar-refractivity contribution is -0.139. The molecular formula is C17H17NO3. The third kappa shape index (κ3) is 5.40. The van der Waals surface area contributed by atoms with E-state index in [1.54, 1.807) is 0 Å². The summed E-state index contributed by atoms with van der Waals surface area (Å²) in [6.45, 7) is 0.525. The van der Waals surface area contributed by atoms with Crippen LogP contribution in [0.25, 0.3) is 0 Å². The Hall–Kier alpha value is -2.75. The number of esters is 1. The maximum atomic E-state index is 11.6. The van der Waals surface area contributed by atoms with Gasteiger partial charge in [0, 0.05) is 0 Å². The zero-order chi connectivity index (χ0) is 14.9. The normalized spacial score (nSPS) is 11.0. The number of hydrogen-bond acceptors (Lipinski definition) is 4. The van der Waals surface area contributed by atoms with Crippen LogP contribution in [0, 0.1) is 0 Å². The second kappa shape index (κ2) is 7.75. The Morgan fingerprint density at radius 1 is 0.857 bits per heavy atom. The molecule has 4 nitrogen and oxygen atoms in total. The highest BCUT2D eigenvalue weighted by Gasteiger charge is 2.02. The second-order valence-electron chi connectivity index (χ2n) is 4.41. The molecule has 0 unspecified atom stereocenters. The van der Waals surface area contributed by atoms with Gasteiger partial charge in [-0.2, -0.15) is 0 Å².